The molecule has 2 heterocycles. The third-order valence-electron chi connectivity index (χ3n) is 5.90. The molecular weight excluding hydrogens is 460 g/mol. The molecule has 178 valence electrons. The number of nitro groups is 1. The van der Waals surface area contributed by atoms with Crippen LogP contribution in [0.5, 0.6) is 0 Å². The first-order valence-electron chi connectivity index (χ1n) is 10.8. The van der Waals surface area contributed by atoms with Crippen LogP contribution in [0.4, 0.5) is 5.69 Å². The van der Waals surface area contributed by atoms with Gasteiger partial charge < -0.3 is 5.32 Å². The molecule has 0 saturated carbocycles. The normalized spacial score (nSPS) is 15.2. The van der Waals surface area contributed by atoms with Crippen LogP contribution in [-0.4, -0.2) is 58.2 Å². The fourth-order valence-corrected chi connectivity index (χ4v) is 5.43. The van der Waals surface area contributed by atoms with Crippen LogP contribution >= 0.6 is 0 Å². The number of aromatic nitrogens is 3. The Morgan fingerprint density at radius 2 is 1.85 bits per heavy atom. The van der Waals surface area contributed by atoms with Crippen LogP contribution in [0.15, 0.2) is 59.5 Å². The monoisotopic (exact) mass is 484 g/mol. The minimum Gasteiger partial charge on any atom is -0.350 e. The van der Waals surface area contributed by atoms with Gasteiger partial charge in [-0.2, -0.15) is 4.31 Å². The average molecular weight is 485 g/mol. The van der Waals surface area contributed by atoms with E-state index in [1.165, 1.54) is 21.1 Å². The van der Waals surface area contributed by atoms with Crippen molar-refractivity contribution in [3.05, 3.63) is 76.1 Å². The third kappa shape index (κ3) is 4.82. The molecule has 1 aliphatic rings. The lowest BCUT2D eigenvalue weighted by atomic mass is 9.98. The number of nitrogens with one attached hydrogen (secondary N) is 1. The SMILES string of the molecule is Cc1c(C(=O)NCC2CCN(S(=O)(=O)c3ccccc3)CC2)nnn1-c1cccc([N+](=O)[O-])c1. The van der Waals surface area contributed by atoms with E-state index in [1.807, 2.05) is 0 Å². The van der Waals surface area contributed by atoms with E-state index in [9.17, 15) is 23.3 Å². The molecule has 1 saturated heterocycles. The predicted molar refractivity (Wildman–Crippen MR) is 123 cm³/mol. The van der Waals surface area contributed by atoms with Gasteiger partial charge in [-0.3, -0.25) is 14.9 Å². The van der Waals surface area contributed by atoms with Crippen molar-refractivity contribution in [2.24, 2.45) is 5.92 Å². The van der Waals surface area contributed by atoms with Crippen molar-refractivity contribution in [3.63, 3.8) is 0 Å². The highest BCUT2D eigenvalue weighted by molar-refractivity contribution is 7.89. The Morgan fingerprint density at radius 1 is 1.15 bits per heavy atom. The minimum atomic E-state index is -3.51. The topological polar surface area (TPSA) is 140 Å². The molecule has 2 aromatic carbocycles. The quantitative estimate of drug-likeness (QED) is 0.401. The second kappa shape index (κ2) is 9.69. The Morgan fingerprint density at radius 3 is 2.53 bits per heavy atom. The van der Waals surface area contributed by atoms with Gasteiger partial charge in [0.05, 0.1) is 21.2 Å². The Balaban J connectivity index is 1.35. The van der Waals surface area contributed by atoms with E-state index in [0.717, 1.165) is 0 Å². The first kappa shape index (κ1) is 23.5. The van der Waals surface area contributed by atoms with E-state index < -0.39 is 20.9 Å². The highest BCUT2D eigenvalue weighted by atomic mass is 32.2. The fraction of sp³-hybridized carbons (Fsp3) is 0.318. The lowest BCUT2D eigenvalue weighted by Crippen LogP contribution is -2.41. The number of hydrogen-bond acceptors (Lipinski definition) is 7. The highest BCUT2D eigenvalue weighted by Crippen LogP contribution is 2.24. The summed E-state index contributed by atoms with van der Waals surface area (Å²) >= 11 is 0. The van der Waals surface area contributed by atoms with E-state index in [-0.39, 0.29) is 22.2 Å². The third-order valence-corrected chi connectivity index (χ3v) is 7.81. The average Bonchev–Trinajstić information content (AvgIpc) is 3.24. The highest BCUT2D eigenvalue weighted by Gasteiger charge is 2.29. The van der Waals surface area contributed by atoms with Crippen molar-refractivity contribution >= 4 is 21.6 Å². The molecule has 34 heavy (non-hydrogen) atoms. The summed E-state index contributed by atoms with van der Waals surface area (Å²) < 4.78 is 28.4. The number of sulfonamides is 1. The zero-order valence-electron chi connectivity index (χ0n) is 18.5. The van der Waals surface area contributed by atoms with Crippen molar-refractivity contribution in [1.82, 2.24) is 24.6 Å². The number of piperidine rings is 1. The molecule has 1 amide bonds. The molecule has 0 aliphatic carbocycles. The van der Waals surface area contributed by atoms with E-state index in [4.69, 9.17) is 0 Å². The van der Waals surface area contributed by atoms with Crippen LogP contribution in [0.1, 0.15) is 29.0 Å². The number of nitro benzene ring substituents is 1. The minimum absolute atomic E-state index is 0.0842. The molecule has 11 nitrogen and oxygen atoms in total. The summed E-state index contributed by atoms with van der Waals surface area (Å²) in [5.41, 5.74) is 0.946. The largest absolute Gasteiger partial charge is 0.350 e. The van der Waals surface area contributed by atoms with Gasteiger partial charge in [-0.15, -0.1) is 5.10 Å². The van der Waals surface area contributed by atoms with Crippen LogP contribution < -0.4 is 5.32 Å². The molecule has 12 heteroatoms. The van der Waals surface area contributed by atoms with Crippen molar-refractivity contribution in [3.8, 4) is 5.69 Å². The van der Waals surface area contributed by atoms with Crippen molar-refractivity contribution in [2.45, 2.75) is 24.7 Å². The maximum Gasteiger partial charge on any atom is 0.273 e. The van der Waals surface area contributed by atoms with Crippen LogP contribution in [0.3, 0.4) is 0 Å². The second-order valence-corrected chi connectivity index (χ2v) is 10.0. The van der Waals surface area contributed by atoms with Crippen LogP contribution in [0.2, 0.25) is 0 Å². The Hall–Kier alpha value is -3.64. The number of rotatable bonds is 7. The second-order valence-electron chi connectivity index (χ2n) is 8.08. The van der Waals surface area contributed by atoms with Crippen LogP contribution in [0.25, 0.3) is 5.69 Å². The van der Waals surface area contributed by atoms with Gasteiger partial charge in [0.2, 0.25) is 10.0 Å². The van der Waals surface area contributed by atoms with Gasteiger partial charge in [-0.25, -0.2) is 13.1 Å². The molecule has 0 atom stereocenters. The molecule has 1 fully saturated rings. The summed E-state index contributed by atoms with van der Waals surface area (Å²) in [5.74, 6) is -0.258. The van der Waals surface area contributed by atoms with Gasteiger partial charge in [0.1, 0.15) is 0 Å². The smallest absolute Gasteiger partial charge is 0.273 e. The summed E-state index contributed by atoms with van der Waals surface area (Å²) in [5, 5.41) is 21.8. The first-order chi connectivity index (χ1) is 16.3. The van der Waals surface area contributed by atoms with E-state index >= 15 is 0 Å². The summed E-state index contributed by atoms with van der Waals surface area (Å²) in [7, 11) is -3.51. The summed E-state index contributed by atoms with van der Waals surface area (Å²) in [6, 6.07) is 14.3. The fourth-order valence-electron chi connectivity index (χ4n) is 3.94. The van der Waals surface area contributed by atoms with Gasteiger partial charge in [0.25, 0.3) is 11.6 Å². The molecule has 0 unspecified atom stereocenters. The maximum absolute atomic E-state index is 12.8. The molecule has 4 rings (SSSR count). The van der Waals surface area contributed by atoms with E-state index in [2.05, 4.69) is 15.6 Å². The van der Waals surface area contributed by atoms with Gasteiger partial charge in [0.15, 0.2) is 5.69 Å². The van der Waals surface area contributed by atoms with Crippen molar-refractivity contribution in [1.29, 1.82) is 0 Å². The molecule has 0 spiro atoms. The Kier molecular flexibility index (Phi) is 6.70. The zero-order valence-corrected chi connectivity index (χ0v) is 19.3. The molecule has 3 aromatic rings. The summed E-state index contributed by atoms with van der Waals surface area (Å²) in [6.07, 6.45) is 1.26. The number of hydrogen-bond donors (Lipinski definition) is 1. The summed E-state index contributed by atoms with van der Waals surface area (Å²) in [6.45, 7) is 2.83. The maximum atomic E-state index is 12.8. The van der Waals surface area contributed by atoms with Crippen LogP contribution in [-0.2, 0) is 10.0 Å². The number of carbonyl (C=O) groups excluding carboxylic acids is 1. The van der Waals surface area contributed by atoms with Crippen LogP contribution in [0, 0.1) is 23.0 Å². The number of non-ortho nitro benzene ring substituents is 1. The Labute approximate surface area is 196 Å². The van der Waals surface area contributed by atoms with Gasteiger partial charge >= 0.3 is 0 Å². The van der Waals surface area contributed by atoms with Crippen molar-refractivity contribution < 1.29 is 18.1 Å². The number of benzene rings is 2. The van der Waals surface area contributed by atoms with Crippen molar-refractivity contribution in [2.75, 3.05) is 19.6 Å². The van der Waals surface area contributed by atoms with Gasteiger partial charge in [0, 0.05) is 31.8 Å². The van der Waals surface area contributed by atoms with Gasteiger partial charge in [-0.1, -0.05) is 29.5 Å². The first-order valence-corrected chi connectivity index (χ1v) is 12.2. The zero-order chi connectivity index (χ0) is 24.3. The lowest BCUT2D eigenvalue weighted by Gasteiger charge is -2.31. The lowest BCUT2D eigenvalue weighted by molar-refractivity contribution is -0.384. The molecule has 1 N–H and O–H groups in total. The Bertz CT molecular complexity index is 1300. The predicted octanol–water partition coefficient (Wildman–Crippen LogP) is 2.31. The number of amides is 1. The molecular formula is C22H24N6O5S. The number of carbonyl (C=O) groups is 1. The van der Waals surface area contributed by atoms with E-state index in [1.54, 1.807) is 49.4 Å². The molecule has 1 aliphatic heterocycles. The molecule has 0 bridgehead atoms. The van der Waals surface area contributed by atoms with E-state index in [0.29, 0.717) is 43.9 Å². The standard InChI is InChI=1S/C22H24N6O5S/c1-16-21(24-25-27(16)18-6-5-7-19(14-18)28(30)31)22(29)23-15-17-10-12-26(13-11-17)34(32,33)20-8-3-2-4-9-20/h2-9,14,17H,10-13,15H2,1H3,(H,23,29). The summed E-state index contributed by atoms with van der Waals surface area (Å²) in [4.78, 5) is 23.5. The molecule has 1 aromatic heterocycles. The molecule has 0 radical (unpaired) electrons. The number of nitrogens with zero attached hydrogens (tertiary/aromatic N) is 5. The van der Waals surface area contributed by atoms with Gasteiger partial charge in [-0.05, 0) is 43.9 Å².